The summed E-state index contributed by atoms with van der Waals surface area (Å²) < 4.78 is 36.0. The van der Waals surface area contributed by atoms with Crippen molar-refractivity contribution in [3.63, 3.8) is 0 Å². The van der Waals surface area contributed by atoms with Gasteiger partial charge in [-0.2, -0.15) is 0 Å². The van der Waals surface area contributed by atoms with E-state index in [0.29, 0.717) is 6.61 Å². The number of hydrogen-bond donors (Lipinski definition) is 0. The van der Waals surface area contributed by atoms with Crippen molar-refractivity contribution in [2.24, 2.45) is 0 Å². The van der Waals surface area contributed by atoms with E-state index in [2.05, 4.69) is 0 Å². The molecule has 1 amide bonds. The molecular formula is C23H33NO7. The van der Waals surface area contributed by atoms with Gasteiger partial charge in [-0.3, -0.25) is 4.79 Å². The second kappa shape index (κ2) is 8.42. The molecule has 0 unspecified atom stereocenters. The fraction of sp³-hybridized carbons (Fsp3) is 0.696. The van der Waals surface area contributed by atoms with Gasteiger partial charge in [-0.15, -0.1) is 0 Å². The molecule has 3 fully saturated rings. The highest BCUT2D eigenvalue weighted by atomic mass is 16.8. The van der Waals surface area contributed by atoms with Crippen LogP contribution in [0.5, 0.6) is 0 Å². The lowest BCUT2D eigenvalue weighted by Crippen LogP contribution is -2.46. The number of amides is 1. The molecule has 5 atom stereocenters. The SMILES string of the molecule is CC(C)N(C(=O)CO[C@@H]1[C@H]2OC(C)(C)O[C@@H]2O[C@@H]1[C@@H]1COC(C)(C)O1)c1ccccc1. The maximum Gasteiger partial charge on any atom is 0.253 e. The van der Waals surface area contributed by atoms with E-state index >= 15 is 0 Å². The fourth-order valence-electron chi connectivity index (χ4n) is 4.43. The molecule has 4 rings (SSSR count). The van der Waals surface area contributed by atoms with Gasteiger partial charge in [-0.05, 0) is 53.7 Å². The van der Waals surface area contributed by atoms with Crippen LogP contribution in [0, 0.1) is 0 Å². The number of carbonyl (C=O) groups is 1. The topological polar surface area (TPSA) is 75.7 Å². The monoisotopic (exact) mass is 435 g/mol. The van der Waals surface area contributed by atoms with E-state index in [1.54, 1.807) is 4.90 Å². The van der Waals surface area contributed by atoms with Crippen molar-refractivity contribution < 1.29 is 33.2 Å². The molecule has 172 valence electrons. The van der Waals surface area contributed by atoms with Crippen molar-refractivity contribution in [3.05, 3.63) is 30.3 Å². The van der Waals surface area contributed by atoms with Gasteiger partial charge in [0, 0.05) is 11.7 Å². The molecule has 0 bridgehead atoms. The Balaban J connectivity index is 1.49. The predicted octanol–water partition coefficient (Wildman–Crippen LogP) is 2.84. The largest absolute Gasteiger partial charge is 0.363 e. The number of anilines is 1. The molecule has 31 heavy (non-hydrogen) atoms. The van der Waals surface area contributed by atoms with Crippen molar-refractivity contribution in [2.45, 2.75) is 89.9 Å². The zero-order valence-electron chi connectivity index (χ0n) is 19.1. The van der Waals surface area contributed by atoms with Gasteiger partial charge in [-0.1, -0.05) is 18.2 Å². The normalized spacial score (nSPS) is 33.6. The van der Waals surface area contributed by atoms with Crippen LogP contribution in [0.25, 0.3) is 0 Å². The van der Waals surface area contributed by atoms with Crippen LogP contribution in [0.1, 0.15) is 41.5 Å². The molecule has 8 heteroatoms. The minimum absolute atomic E-state index is 0.0146. The molecule has 0 aliphatic carbocycles. The van der Waals surface area contributed by atoms with E-state index in [1.165, 1.54) is 0 Å². The van der Waals surface area contributed by atoms with Gasteiger partial charge < -0.3 is 33.3 Å². The van der Waals surface area contributed by atoms with Crippen molar-refractivity contribution in [1.82, 2.24) is 0 Å². The molecule has 0 N–H and O–H groups in total. The lowest BCUT2D eigenvalue weighted by atomic mass is 10.1. The molecule has 0 saturated carbocycles. The smallest absolute Gasteiger partial charge is 0.253 e. The Morgan fingerprint density at radius 1 is 1.06 bits per heavy atom. The Hall–Kier alpha value is -1.55. The number of fused-ring (bicyclic) bond motifs is 1. The van der Waals surface area contributed by atoms with Crippen LogP contribution in [0.2, 0.25) is 0 Å². The number of ether oxygens (including phenoxy) is 6. The minimum Gasteiger partial charge on any atom is -0.363 e. The number of para-hydroxylation sites is 1. The molecule has 0 radical (unpaired) electrons. The molecular weight excluding hydrogens is 402 g/mol. The number of benzene rings is 1. The Kier molecular flexibility index (Phi) is 6.15. The number of nitrogens with zero attached hydrogens (tertiary/aromatic N) is 1. The quantitative estimate of drug-likeness (QED) is 0.680. The first-order valence-corrected chi connectivity index (χ1v) is 10.9. The van der Waals surface area contributed by atoms with E-state index in [9.17, 15) is 4.79 Å². The predicted molar refractivity (Wildman–Crippen MR) is 112 cm³/mol. The third kappa shape index (κ3) is 4.79. The van der Waals surface area contributed by atoms with E-state index in [0.717, 1.165) is 5.69 Å². The van der Waals surface area contributed by atoms with Gasteiger partial charge in [0.2, 0.25) is 0 Å². The average molecular weight is 436 g/mol. The lowest BCUT2D eigenvalue weighted by molar-refractivity contribution is -0.235. The first-order valence-electron chi connectivity index (χ1n) is 10.9. The molecule has 1 aromatic carbocycles. The Bertz CT molecular complexity index is 781. The highest BCUT2D eigenvalue weighted by Gasteiger charge is 2.59. The standard InChI is InChI=1S/C23H33NO7/c1-14(2)24(15-10-8-7-9-11-15)17(25)13-26-19-18(16-12-27-22(3,4)29-16)28-21-20(19)30-23(5,6)31-21/h7-11,14,16,18-21H,12-13H2,1-6H3/t16-,18+,19-,20+,21-/m0/s1. The zero-order chi connectivity index (χ0) is 22.4. The Morgan fingerprint density at radius 2 is 1.77 bits per heavy atom. The molecule has 3 aliphatic heterocycles. The summed E-state index contributed by atoms with van der Waals surface area (Å²) >= 11 is 0. The van der Waals surface area contributed by atoms with Crippen molar-refractivity contribution in [2.75, 3.05) is 18.1 Å². The van der Waals surface area contributed by atoms with Crippen molar-refractivity contribution in [3.8, 4) is 0 Å². The van der Waals surface area contributed by atoms with Crippen LogP contribution in [0.3, 0.4) is 0 Å². The minimum atomic E-state index is -0.785. The second-order valence-corrected chi connectivity index (χ2v) is 9.41. The summed E-state index contributed by atoms with van der Waals surface area (Å²) in [5.74, 6) is -1.62. The summed E-state index contributed by atoms with van der Waals surface area (Å²) in [6.07, 6.45) is -2.37. The molecule has 8 nitrogen and oxygen atoms in total. The first kappa shape index (κ1) is 22.6. The summed E-state index contributed by atoms with van der Waals surface area (Å²) in [5.41, 5.74) is 0.832. The summed E-state index contributed by atoms with van der Waals surface area (Å²) in [7, 11) is 0. The van der Waals surface area contributed by atoms with Crippen LogP contribution in [0.4, 0.5) is 5.69 Å². The number of rotatable bonds is 6. The first-order chi connectivity index (χ1) is 14.6. The average Bonchev–Trinajstić information content (AvgIpc) is 3.29. The van der Waals surface area contributed by atoms with Gasteiger partial charge in [0.15, 0.2) is 17.9 Å². The van der Waals surface area contributed by atoms with Gasteiger partial charge in [0.05, 0.1) is 6.61 Å². The number of hydrogen-bond acceptors (Lipinski definition) is 7. The highest BCUT2D eigenvalue weighted by molar-refractivity contribution is 5.94. The molecule has 0 spiro atoms. The van der Waals surface area contributed by atoms with Crippen LogP contribution >= 0.6 is 0 Å². The van der Waals surface area contributed by atoms with Crippen LogP contribution < -0.4 is 4.90 Å². The number of carbonyl (C=O) groups excluding carboxylic acids is 1. The lowest BCUT2D eigenvalue weighted by Gasteiger charge is -2.30. The summed E-state index contributed by atoms with van der Waals surface area (Å²) in [4.78, 5) is 14.9. The molecule has 3 aliphatic rings. The zero-order valence-corrected chi connectivity index (χ0v) is 19.1. The Labute approximate surface area is 183 Å². The van der Waals surface area contributed by atoms with E-state index in [-0.39, 0.29) is 24.7 Å². The van der Waals surface area contributed by atoms with Crippen molar-refractivity contribution in [1.29, 1.82) is 0 Å². The van der Waals surface area contributed by atoms with Gasteiger partial charge in [-0.25, -0.2) is 0 Å². The van der Waals surface area contributed by atoms with Gasteiger partial charge in [0.25, 0.3) is 5.91 Å². The summed E-state index contributed by atoms with van der Waals surface area (Å²) in [5, 5.41) is 0. The summed E-state index contributed by atoms with van der Waals surface area (Å²) in [6.45, 7) is 11.6. The van der Waals surface area contributed by atoms with Crippen LogP contribution in [0.15, 0.2) is 30.3 Å². The molecule has 1 aromatic rings. The fourth-order valence-corrected chi connectivity index (χ4v) is 4.43. The van der Waals surface area contributed by atoms with Crippen LogP contribution in [-0.4, -0.2) is 67.4 Å². The summed E-state index contributed by atoms with van der Waals surface area (Å²) in [6, 6.07) is 9.56. The third-order valence-electron chi connectivity index (χ3n) is 5.64. The maximum absolute atomic E-state index is 13.1. The molecule has 3 saturated heterocycles. The second-order valence-electron chi connectivity index (χ2n) is 9.41. The third-order valence-corrected chi connectivity index (χ3v) is 5.64. The van der Waals surface area contributed by atoms with E-state index in [4.69, 9.17) is 28.4 Å². The maximum atomic E-state index is 13.1. The van der Waals surface area contributed by atoms with Crippen LogP contribution in [-0.2, 0) is 33.2 Å². The van der Waals surface area contributed by atoms with Gasteiger partial charge in [0.1, 0.15) is 31.0 Å². The molecule has 3 heterocycles. The van der Waals surface area contributed by atoms with Crippen molar-refractivity contribution >= 4 is 11.6 Å². The highest BCUT2D eigenvalue weighted by Crippen LogP contribution is 2.42. The van der Waals surface area contributed by atoms with Gasteiger partial charge >= 0.3 is 0 Å². The van der Waals surface area contributed by atoms with E-state index < -0.39 is 36.2 Å². The Morgan fingerprint density at radius 3 is 2.39 bits per heavy atom. The molecule has 0 aromatic heterocycles. The van der Waals surface area contributed by atoms with E-state index in [1.807, 2.05) is 71.9 Å².